The number of anilines is 1. The second kappa shape index (κ2) is 7.33. The molecule has 3 aromatic heterocycles. The highest BCUT2D eigenvalue weighted by molar-refractivity contribution is 5.91. The Kier molecular flexibility index (Phi) is 4.81. The predicted octanol–water partition coefficient (Wildman–Crippen LogP) is 3.57. The van der Waals surface area contributed by atoms with Gasteiger partial charge in [-0.1, -0.05) is 0 Å². The minimum atomic E-state index is -3.27. The molecule has 1 aliphatic carbocycles. The lowest BCUT2D eigenvalue weighted by atomic mass is 9.83. The summed E-state index contributed by atoms with van der Waals surface area (Å²) in [6.07, 6.45) is 4.06. The van der Waals surface area contributed by atoms with Crippen LogP contribution in [0.1, 0.15) is 32.5 Å². The second-order valence-corrected chi connectivity index (χ2v) is 7.31. The molecule has 0 aromatic carbocycles. The van der Waals surface area contributed by atoms with Crippen LogP contribution in [0.3, 0.4) is 0 Å². The van der Waals surface area contributed by atoms with Crippen LogP contribution in [0.5, 0.6) is 5.88 Å². The van der Waals surface area contributed by atoms with Gasteiger partial charge in [0.2, 0.25) is 17.6 Å². The van der Waals surface area contributed by atoms with Gasteiger partial charge in [0, 0.05) is 56.6 Å². The van der Waals surface area contributed by atoms with E-state index in [1.54, 1.807) is 29.1 Å². The molecule has 10 heteroatoms. The molecule has 1 saturated carbocycles. The number of amides is 1. The normalized spacial score (nSPS) is 18.5. The van der Waals surface area contributed by atoms with Gasteiger partial charge in [0.15, 0.2) is 0 Å². The fraction of sp³-hybridized carbons (Fsp3) is 0.350. The maximum Gasteiger partial charge on any atom is 0.304 e. The van der Waals surface area contributed by atoms with Gasteiger partial charge in [0.25, 0.3) is 0 Å². The first-order valence-corrected chi connectivity index (χ1v) is 9.31. The van der Waals surface area contributed by atoms with Crippen molar-refractivity contribution in [2.75, 3.05) is 5.32 Å². The van der Waals surface area contributed by atoms with Crippen molar-refractivity contribution in [1.82, 2.24) is 19.5 Å². The van der Waals surface area contributed by atoms with E-state index in [1.165, 1.54) is 13.0 Å². The summed E-state index contributed by atoms with van der Waals surface area (Å²) < 4.78 is 35.4. The molecular formula is C20H18F2N6O2. The fourth-order valence-corrected chi connectivity index (χ4v) is 3.21. The minimum absolute atomic E-state index is 0.0240. The third-order valence-corrected chi connectivity index (χ3v) is 4.77. The number of halogens is 2. The summed E-state index contributed by atoms with van der Waals surface area (Å²) >= 11 is 0. The lowest BCUT2D eigenvalue weighted by Crippen LogP contribution is -2.33. The molecule has 4 rings (SSSR count). The van der Waals surface area contributed by atoms with Crippen molar-refractivity contribution in [3.63, 3.8) is 0 Å². The molecule has 1 N–H and O–H groups in total. The van der Waals surface area contributed by atoms with Crippen LogP contribution in [0.25, 0.3) is 16.7 Å². The number of ether oxygens (including phenoxy) is 1. The Balaban J connectivity index is 1.75. The van der Waals surface area contributed by atoms with Gasteiger partial charge >= 0.3 is 5.92 Å². The molecule has 0 unspecified atom stereocenters. The maximum atomic E-state index is 14.0. The Morgan fingerprint density at radius 1 is 1.37 bits per heavy atom. The highest BCUT2D eigenvalue weighted by atomic mass is 19.3. The van der Waals surface area contributed by atoms with Gasteiger partial charge in [-0.3, -0.25) is 4.79 Å². The van der Waals surface area contributed by atoms with Gasteiger partial charge < -0.3 is 14.6 Å². The Morgan fingerprint density at radius 2 is 2.13 bits per heavy atom. The number of hydrogen-bond acceptors (Lipinski definition) is 6. The van der Waals surface area contributed by atoms with Crippen LogP contribution < -0.4 is 10.1 Å². The number of rotatable bonds is 5. The van der Waals surface area contributed by atoms with E-state index in [0.717, 1.165) is 12.3 Å². The van der Waals surface area contributed by atoms with Gasteiger partial charge in [0.05, 0.1) is 17.5 Å². The molecule has 0 atom stereocenters. The Morgan fingerprint density at radius 3 is 2.80 bits per heavy atom. The highest BCUT2D eigenvalue weighted by Crippen LogP contribution is 2.33. The summed E-state index contributed by atoms with van der Waals surface area (Å²) in [5.74, 6) is -3.74. The van der Waals surface area contributed by atoms with E-state index in [-0.39, 0.29) is 29.6 Å². The molecule has 0 saturated heterocycles. The second-order valence-electron chi connectivity index (χ2n) is 7.31. The first-order valence-electron chi connectivity index (χ1n) is 9.31. The van der Waals surface area contributed by atoms with Crippen LogP contribution in [0.4, 0.5) is 14.6 Å². The number of pyridine rings is 1. The standard InChI is InChI=1S/C20H18F2N6O2/c1-11(29)25-16-7-15-13(10-24-16)3-4-28(15)17-8-18(27-19(26-17)20(2,21)22)30-14-5-12(6-14)9-23/h3-4,7-8,10,12,14H,5-6H2,1-2H3,(H,24,25,29). The van der Waals surface area contributed by atoms with Crippen molar-refractivity contribution in [1.29, 1.82) is 5.26 Å². The van der Waals surface area contributed by atoms with Gasteiger partial charge in [-0.05, 0) is 6.07 Å². The summed E-state index contributed by atoms with van der Waals surface area (Å²) in [5, 5.41) is 12.2. The maximum absolute atomic E-state index is 14.0. The predicted molar refractivity (Wildman–Crippen MR) is 103 cm³/mol. The SMILES string of the molecule is CC(=O)Nc1cc2c(ccn2-c2cc(OC3CC(C#N)C3)nc(C(C)(F)F)n2)cn1. The third-order valence-electron chi connectivity index (χ3n) is 4.77. The number of carbonyl (C=O) groups excluding carboxylic acids is 1. The zero-order valence-corrected chi connectivity index (χ0v) is 16.3. The van der Waals surface area contributed by atoms with E-state index < -0.39 is 11.7 Å². The number of nitrogens with zero attached hydrogens (tertiary/aromatic N) is 5. The van der Waals surface area contributed by atoms with Crippen molar-refractivity contribution in [2.24, 2.45) is 5.92 Å². The van der Waals surface area contributed by atoms with E-state index in [0.29, 0.717) is 24.2 Å². The van der Waals surface area contributed by atoms with Crippen LogP contribution in [0.15, 0.2) is 30.6 Å². The number of hydrogen-bond donors (Lipinski definition) is 1. The molecule has 154 valence electrons. The van der Waals surface area contributed by atoms with Crippen molar-refractivity contribution in [3.8, 4) is 17.8 Å². The van der Waals surface area contributed by atoms with Crippen molar-refractivity contribution < 1.29 is 18.3 Å². The lowest BCUT2D eigenvalue weighted by molar-refractivity contribution is -0.114. The van der Waals surface area contributed by atoms with Crippen LogP contribution in [0, 0.1) is 17.2 Å². The highest BCUT2D eigenvalue weighted by Gasteiger charge is 2.33. The lowest BCUT2D eigenvalue weighted by Gasteiger charge is -2.30. The Hall–Kier alpha value is -3.61. The molecule has 1 amide bonds. The molecule has 1 aliphatic rings. The zero-order chi connectivity index (χ0) is 21.5. The first kappa shape index (κ1) is 19.7. The molecule has 1 fully saturated rings. The number of carbonyl (C=O) groups is 1. The van der Waals surface area contributed by atoms with E-state index in [2.05, 4.69) is 26.3 Å². The minimum Gasteiger partial charge on any atom is -0.474 e. The summed E-state index contributed by atoms with van der Waals surface area (Å²) in [6, 6.07) is 7.02. The van der Waals surface area contributed by atoms with Crippen LogP contribution in [0.2, 0.25) is 0 Å². The largest absolute Gasteiger partial charge is 0.474 e. The fourth-order valence-electron chi connectivity index (χ4n) is 3.21. The van der Waals surface area contributed by atoms with Gasteiger partial charge in [0.1, 0.15) is 17.7 Å². The smallest absolute Gasteiger partial charge is 0.304 e. The van der Waals surface area contributed by atoms with Gasteiger partial charge in [-0.15, -0.1) is 0 Å². The average Bonchev–Trinajstić information content (AvgIpc) is 3.06. The van der Waals surface area contributed by atoms with Crippen molar-refractivity contribution in [3.05, 3.63) is 36.4 Å². The van der Waals surface area contributed by atoms with Crippen molar-refractivity contribution in [2.45, 2.75) is 38.7 Å². The number of nitriles is 1. The molecule has 3 aromatic rings. The Bertz CT molecular complexity index is 1160. The van der Waals surface area contributed by atoms with Crippen molar-refractivity contribution >= 4 is 22.6 Å². The van der Waals surface area contributed by atoms with Crippen LogP contribution in [-0.2, 0) is 10.7 Å². The topological polar surface area (TPSA) is 106 Å². The number of aromatic nitrogens is 4. The summed E-state index contributed by atoms with van der Waals surface area (Å²) in [6.45, 7) is 2.09. The van der Waals surface area contributed by atoms with E-state index in [9.17, 15) is 13.6 Å². The molecule has 0 aliphatic heterocycles. The third kappa shape index (κ3) is 3.91. The summed E-state index contributed by atoms with van der Waals surface area (Å²) in [4.78, 5) is 23.4. The molecule has 0 spiro atoms. The van der Waals surface area contributed by atoms with Gasteiger partial charge in [-0.2, -0.15) is 19.0 Å². The summed E-state index contributed by atoms with van der Waals surface area (Å²) in [7, 11) is 0. The molecular weight excluding hydrogens is 394 g/mol. The monoisotopic (exact) mass is 412 g/mol. The van der Waals surface area contributed by atoms with E-state index >= 15 is 0 Å². The summed E-state index contributed by atoms with van der Waals surface area (Å²) in [5.41, 5.74) is 0.622. The van der Waals surface area contributed by atoms with E-state index in [1.807, 2.05) is 0 Å². The quantitative estimate of drug-likeness (QED) is 0.687. The first-order chi connectivity index (χ1) is 14.2. The van der Waals surface area contributed by atoms with Crippen LogP contribution in [-0.4, -0.2) is 31.5 Å². The number of fused-ring (bicyclic) bond motifs is 1. The van der Waals surface area contributed by atoms with E-state index in [4.69, 9.17) is 10.00 Å². The molecule has 0 radical (unpaired) electrons. The number of nitrogens with one attached hydrogen (secondary N) is 1. The molecule has 30 heavy (non-hydrogen) atoms. The molecule has 0 bridgehead atoms. The zero-order valence-electron chi connectivity index (χ0n) is 16.3. The Labute approximate surface area is 170 Å². The molecule has 3 heterocycles. The van der Waals surface area contributed by atoms with Gasteiger partial charge in [-0.25, -0.2) is 9.97 Å². The van der Waals surface area contributed by atoms with Crippen LogP contribution >= 0.6 is 0 Å². The number of alkyl halides is 2. The average molecular weight is 412 g/mol. The molecule has 8 nitrogen and oxygen atoms in total.